The molecule has 1 aromatic rings. The van der Waals surface area contributed by atoms with Crippen molar-refractivity contribution in [2.24, 2.45) is 11.7 Å². The van der Waals surface area contributed by atoms with Crippen LogP contribution >= 0.6 is 0 Å². The zero-order valence-electron chi connectivity index (χ0n) is 11.3. The number of nitrogens with zero attached hydrogens (tertiary/aromatic N) is 2. The molecule has 0 radical (unpaired) electrons. The smallest absolute Gasteiger partial charge is 0.273 e. The summed E-state index contributed by atoms with van der Waals surface area (Å²) in [6.45, 7) is 1.17. The molecule has 2 heterocycles. The number of hydrogen-bond acceptors (Lipinski definition) is 5. The van der Waals surface area contributed by atoms with Gasteiger partial charge in [0.2, 0.25) is 5.91 Å². The molecule has 1 saturated heterocycles. The van der Waals surface area contributed by atoms with Gasteiger partial charge in [-0.3, -0.25) is 9.59 Å². The predicted molar refractivity (Wildman–Crippen MR) is 69.9 cm³/mol. The number of nitrogens with one attached hydrogen (secondary N) is 1. The minimum Gasteiger partial charge on any atom is -0.369 e. The Morgan fingerprint density at radius 1 is 1.45 bits per heavy atom. The highest BCUT2D eigenvalue weighted by molar-refractivity contribution is 5.93. The molecule has 1 saturated carbocycles. The summed E-state index contributed by atoms with van der Waals surface area (Å²) in [6, 6.07) is 1.41. The highest BCUT2D eigenvalue weighted by Crippen LogP contribution is 2.40. The van der Waals surface area contributed by atoms with Crippen LogP contribution in [-0.4, -0.2) is 48.0 Å². The van der Waals surface area contributed by atoms with Crippen LogP contribution in [0.4, 0.5) is 0 Å². The molecule has 3 rings (SSSR count). The third kappa shape index (κ3) is 2.53. The van der Waals surface area contributed by atoms with E-state index in [2.05, 4.69) is 10.5 Å². The SMILES string of the molecule is CN1C[C@H](NC(=O)c2cc(C3CC3)on2)[C@H](C(N)=O)C1. The summed E-state index contributed by atoms with van der Waals surface area (Å²) in [5.74, 6) is 0.120. The molecule has 1 aliphatic carbocycles. The molecule has 1 aromatic heterocycles. The number of carbonyl (C=O) groups excluding carboxylic acids is 2. The molecule has 20 heavy (non-hydrogen) atoms. The second-order valence-corrected chi connectivity index (χ2v) is 5.70. The molecule has 2 aliphatic rings. The van der Waals surface area contributed by atoms with E-state index in [1.807, 2.05) is 11.9 Å². The second kappa shape index (κ2) is 4.90. The van der Waals surface area contributed by atoms with Gasteiger partial charge in [0.1, 0.15) is 5.76 Å². The number of hydrogen-bond donors (Lipinski definition) is 2. The van der Waals surface area contributed by atoms with Crippen LogP contribution in [0.5, 0.6) is 0 Å². The van der Waals surface area contributed by atoms with Gasteiger partial charge in [-0.15, -0.1) is 0 Å². The molecular weight excluding hydrogens is 260 g/mol. The van der Waals surface area contributed by atoms with E-state index in [1.54, 1.807) is 6.07 Å². The van der Waals surface area contributed by atoms with E-state index in [9.17, 15) is 9.59 Å². The Bertz CT molecular complexity index is 537. The van der Waals surface area contributed by atoms with Crippen LogP contribution in [0.3, 0.4) is 0 Å². The minimum absolute atomic E-state index is 0.268. The normalized spacial score (nSPS) is 26.6. The number of nitrogens with two attached hydrogens (primary N) is 1. The lowest BCUT2D eigenvalue weighted by Crippen LogP contribution is -2.44. The maximum absolute atomic E-state index is 12.1. The Kier molecular flexibility index (Phi) is 3.21. The number of primary amides is 1. The van der Waals surface area contributed by atoms with Gasteiger partial charge in [-0.2, -0.15) is 0 Å². The molecule has 0 unspecified atom stereocenters. The van der Waals surface area contributed by atoms with Crippen LogP contribution in [0, 0.1) is 5.92 Å². The number of rotatable bonds is 4. The summed E-state index contributed by atoms with van der Waals surface area (Å²) in [5.41, 5.74) is 5.63. The highest BCUT2D eigenvalue weighted by atomic mass is 16.5. The van der Waals surface area contributed by atoms with Crippen molar-refractivity contribution in [1.82, 2.24) is 15.4 Å². The molecule has 7 heteroatoms. The van der Waals surface area contributed by atoms with Crippen LogP contribution in [0.15, 0.2) is 10.6 Å². The van der Waals surface area contributed by atoms with Crippen molar-refractivity contribution in [3.05, 3.63) is 17.5 Å². The van der Waals surface area contributed by atoms with Gasteiger partial charge in [0.25, 0.3) is 5.91 Å². The molecule has 7 nitrogen and oxygen atoms in total. The summed E-state index contributed by atoms with van der Waals surface area (Å²) in [5, 5.41) is 6.62. The Morgan fingerprint density at radius 3 is 2.85 bits per heavy atom. The van der Waals surface area contributed by atoms with E-state index >= 15 is 0 Å². The Labute approximate surface area is 116 Å². The standard InChI is InChI=1S/C13H18N4O3/c1-17-5-8(12(14)18)10(6-17)15-13(19)9-4-11(20-16-9)7-2-3-7/h4,7-8,10H,2-3,5-6H2,1H3,(H2,14,18)(H,15,19)/t8-,10+/m1/s1. The van der Waals surface area contributed by atoms with Crippen LogP contribution in [0.2, 0.25) is 0 Å². The van der Waals surface area contributed by atoms with Crippen molar-refractivity contribution in [3.63, 3.8) is 0 Å². The molecule has 0 aromatic carbocycles. The first-order chi connectivity index (χ1) is 9.54. The van der Waals surface area contributed by atoms with Crippen LogP contribution in [0.25, 0.3) is 0 Å². The van der Waals surface area contributed by atoms with E-state index in [-0.39, 0.29) is 23.6 Å². The number of carbonyl (C=O) groups is 2. The third-order valence-corrected chi connectivity index (χ3v) is 3.93. The van der Waals surface area contributed by atoms with Crippen molar-refractivity contribution in [2.45, 2.75) is 24.8 Å². The molecule has 0 spiro atoms. The fourth-order valence-electron chi connectivity index (χ4n) is 2.63. The van der Waals surface area contributed by atoms with Crippen molar-refractivity contribution in [1.29, 1.82) is 0 Å². The first-order valence-corrected chi connectivity index (χ1v) is 6.80. The van der Waals surface area contributed by atoms with Gasteiger partial charge in [-0.05, 0) is 19.9 Å². The molecule has 2 atom stereocenters. The van der Waals surface area contributed by atoms with Crippen molar-refractivity contribution in [2.75, 3.05) is 20.1 Å². The Hall–Kier alpha value is -1.89. The fourth-order valence-corrected chi connectivity index (χ4v) is 2.63. The van der Waals surface area contributed by atoms with Crippen molar-refractivity contribution < 1.29 is 14.1 Å². The number of aromatic nitrogens is 1. The number of amides is 2. The molecular formula is C13H18N4O3. The predicted octanol–water partition coefficient (Wildman–Crippen LogP) is -0.303. The molecule has 2 amide bonds. The Morgan fingerprint density at radius 2 is 2.20 bits per heavy atom. The van der Waals surface area contributed by atoms with E-state index in [0.717, 1.165) is 18.6 Å². The van der Waals surface area contributed by atoms with Crippen molar-refractivity contribution in [3.8, 4) is 0 Å². The largest absolute Gasteiger partial charge is 0.369 e. The van der Waals surface area contributed by atoms with Gasteiger partial charge in [0.15, 0.2) is 5.69 Å². The molecule has 0 bridgehead atoms. The van der Waals surface area contributed by atoms with Crippen LogP contribution < -0.4 is 11.1 Å². The summed E-state index contributed by atoms with van der Waals surface area (Å²) in [7, 11) is 1.89. The van der Waals surface area contributed by atoms with Gasteiger partial charge in [-0.1, -0.05) is 5.16 Å². The molecule has 2 fully saturated rings. The summed E-state index contributed by atoms with van der Waals surface area (Å²) in [6.07, 6.45) is 2.18. The summed E-state index contributed by atoms with van der Waals surface area (Å²) < 4.78 is 5.16. The zero-order chi connectivity index (χ0) is 14.3. The average molecular weight is 278 g/mol. The second-order valence-electron chi connectivity index (χ2n) is 5.70. The number of likely N-dealkylation sites (tertiary alicyclic amines) is 1. The van der Waals surface area contributed by atoms with Gasteiger partial charge < -0.3 is 20.5 Å². The monoisotopic (exact) mass is 278 g/mol. The highest BCUT2D eigenvalue weighted by Gasteiger charge is 2.36. The third-order valence-electron chi connectivity index (χ3n) is 3.93. The van der Waals surface area contributed by atoms with E-state index < -0.39 is 5.91 Å². The zero-order valence-corrected chi connectivity index (χ0v) is 11.3. The molecule has 3 N–H and O–H groups in total. The number of likely N-dealkylation sites (N-methyl/N-ethyl adjacent to an activating group) is 1. The average Bonchev–Trinajstić information content (AvgIpc) is 2.99. The minimum atomic E-state index is -0.390. The van der Waals surface area contributed by atoms with Crippen LogP contribution in [-0.2, 0) is 4.79 Å². The van der Waals surface area contributed by atoms with Gasteiger partial charge in [0.05, 0.1) is 12.0 Å². The lowest BCUT2D eigenvalue weighted by molar-refractivity contribution is -0.121. The van der Waals surface area contributed by atoms with Gasteiger partial charge >= 0.3 is 0 Å². The first kappa shape index (κ1) is 13.1. The lowest BCUT2D eigenvalue weighted by atomic mass is 10.0. The summed E-state index contributed by atoms with van der Waals surface area (Å²) >= 11 is 0. The van der Waals surface area contributed by atoms with Gasteiger partial charge in [-0.25, -0.2) is 0 Å². The van der Waals surface area contributed by atoms with Gasteiger partial charge in [0, 0.05) is 25.1 Å². The fraction of sp³-hybridized carbons (Fsp3) is 0.615. The quantitative estimate of drug-likeness (QED) is 0.787. The van der Waals surface area contributed by atoms with E-state index in [0.29, 0.717) is 19.0 Å². The maximum Gasteiger partial charge on any atom is 0.273 e. The molecule has 108 valence electrons. The lowest BCUT2D eigenvalue weighted by Gasteiger charge is -2.16. The summed E-state index contributed by atoms with van der Waals surface area (Å²) in [4.78, 5) is 25.5. The van der Waals surface area contributed by atoms with Crippen LogP contribution in [0.1, 0.15) is 35.0 Å². The van der Waals surface area contributed by atoms with E-state index in [1.165, 1.54) is 0 Å². The van der Waals surface area contributed by atoms with Crippen molar-refractivity contribution >= 4 is 11.8 Å². The Balaban J connectivity index is 1.66. The maximum atomic E-state index is 12.1. The topological polar surface area (TPSA) is 101 Å². The first-order valence-electron chi connectivity index (χ1n) is 6.80. The molecule has 1 aliphatic heterocycles. The van der Waals surface area contributed by atoms with E-state index in [4.69, 9.17) is 10.3 Å².